The number of nitrogens with zero attached hydrogens (tertiary/aromatic N) is 1. The van der Waals surface area contributed by atoms with Gasteiger partial charge in [-0.1, -0.05) is 42.0 Å². The first kappa shape index (κ1) is 17.6. The van der Waals surface area contributed by atoms with Gasteiger partial charge in [0, 0.05) is 19.0 Å². The summed E-state index contributed by atoms with van der Waals surface area (Å²) in [5.74, 6) is -0.911. The lowest BCUT2D eigenvalue weighted by Crippen LogP contribution is -2.44. The van der Waals surface area contributed by atoms with Crippen LogP contribution in [-0.2, 0) is 27.8 Å². The second-order valence-corrected chi connectivity index (χ2v) is 8.31. The van der Waals surface area contributed by atoms with E-state index in [0.717, 1.165) is 16.7 Å². The smallest absolute Gasteiger partial charge is 0.303 e. The highest BCUT2D eigenvalue weighted by Crippen LogP contribution is 2.31. The Kier molecular flexibility index (Phi) is 4.92. The van der Waals surface area contributed by atoms with Crippen LogP contribution in [0, 0.1) is 6.92 Å². The van der Waals surface area contributed by atoms with E-state index in [1.165, 1.54) is 4.31 Å². The highest BCUT2D eigenvalue weighted by atomic mass is 32.2. The van der Waals surface area contributed by atoms with Crippen molar-refractivity contribution in [3.05, 3.63) is 65.2 Å². The van der Waals surface area contributed by atoms with Gasteiger partial charge in [0.25, 0.3) is 0 Å². The monoisotopic (exact) mass is 359 g/mol. The number of hydrogen-bond acceptors (Lipinski definition) is 3. The van der Waals surface area contributed by atoms with Crippen molar-refractivity contribution in [1.82, 2.24) is 4.31 Å². The van der Waals surface area contributed by atoms with E-state index in [1.54, 1.807) is 24.3 Å². The molecular formula is C19H21NO4S. The van der Waals surface area contributed by atoms with Gasteiger partial charge < -0.3 is 5.11 Å². The van der Waals surface area contributed by atoms with Crippen molar-refractivity contribution in [2.24, 2.45) is 0 Å². The Morgan fingerprint density at radius 3 is 2.40 bits per heavy atom. The van der Waals surface area contributed by atoms with Crippen LogP contribution in [0.15, 0.2) is 53.4 Å². The summed E-state index contributed by atoms with van der Waals surface area (Å²) in [6.45, 7) is 2.18. The van der Waals surface area contributed by atoms with Crippen molar-refractivity contribution in [1.29, 1.82) is 0 Å². The molecule has 0 amide bonds. The molecule has 1 aliphatic heterocycles. The fourth-order valence-corrected chi connectivity index (χ4v) is 4.86. The maximum atomic E-state index is 13.1. The highest BCUT2D eigenvalue weighted by Gasteiger charge is 2.35. The maximum Gasteiger partial charge on any atom is 0.303 e. The number of rotatable bonds is 5. The number of carbonyl (C=O) groups is 1. The van der Waals surface area contributed by atoms with Crippen LogP contribution in [0.5, 0.6) is 0 Å². The summed E-state index contributed by atoms with van der Waals surface area (Å²) in [7, 11) is -3.68. The molecule has 2 aromatic carbocycles. The number of aliphatic carboxylic acids is 1. The van der Waals surface area contributed by atoms with E-state index in [9.17, 15) is 13.2 Å². The predicted molar refractivity (Wildman–Crippen MR) is 94.7 cm³/mol. The second kappa shape index (κ2) is 6.98. The van der Waals surface area contributed by atoms with Crippen LogP contribution in [-0.4, -0.2) is 29.8 Å². The zero-order chi connectivity index (χ0) is 18.0. The van der Waals surface area contributed by atoms with Crippen molar-refractivity contribution >= 4 is 16.0 Å². The van der Waals surface area contributed by atoms with E-state index in [-0.39, 0.29) is 23.9 Å². The molecule has 6 heteroatoms. The minimum Gasteiger partial charge on any atom is -0.481 e. The van der Waals surface area contributed by atoms with E-state index >= 15 is 0 Å². The molecule has 1 atom stereocenters. The molecule has 0 aromatic heterocycles. The van der Waals surface area contributed by atoms with Crippen LogP contribution in [0.4, 0.5) is 0 Å². The van der Waals surface area contributed by atoms with Crippen LogP contribution in [0.25, 0.3) is 0 Å². The van der Waals surface area contributed by atoms with E-state index in [0.29, 0.717) is 12.8 Å². The lowest BCUT2D eigenvalue weighted by Gasteiger charge is -2.36. The number of fused-ring (bicyclic) bond motifs is 1. The average Bonchev–Trinajstić information content (AvgIpc) is 2.59. The van der Waals surface area contributed by atoms with Crippen molar-refractivity contribution < 1.29 is 18.3 Å². The van der Waals surface area contributed by atoms with E-state index in [4.69, 9.17) is 5.11 Å². The van der Waals surface area contributed by atoms with Gasteiger partial charge in [-0.3, -0.25) is 4.79 Å². The molecule has 25 heavy (non-hydrogen) atoms. The molecule has 0 aliphatic carbocycles. The van der Waals surface area contributed by atoms with E-state index in [1.807, 2.05) is 31.2 Å². The number of carboxylic acid groups (broad SMARTS) is 1. The number of carboxylic acids is 1. The average molecular weight is 359 g/mol. The zero-order valence-electron chi connectivity index (χ0n) is 14.1. The minimum atomic E-state index is -3.68. The molecule has 1 heterocycles. The SMILES string of the molecule is Cc1ccc(S(=O)(=O)N2Cc3ccccc3C[C@H]2CCC(=O)O)cc1. The van der Waals surface area contributed by atoms with Crippen LogP contribution in [0.3, 0.4) is 0 Å². The minimum absolute atomic E-state index is 0.0489. The van der Waals surface area contributed by atoms with Crippen molar-refractivity contribution in [3.63, 3.8) is 0 Å². The lowest BCUT2D eigenvalue weighted by atomic mass is 9.93. The summed E-state index contributed by atoms with van der Waals surface area (Å²) < 4.78 is 27.7. The molecule has 132 valence electrons. The zero-order valence-corrected chi connectivity index (χ0v) is 14.9. The van der Waals surface area contributed by atoms with Gasteiger partial charge in [-0.2, -0.15) is 4.31 Å². The topological polar surface area (TPSA) is 74.7 Å². The molecule has 0 saturated heterocycles. The number of sulfonamides is 1. The highest BCUT2D eigenvalue weighted by molar-refractivity contribution is 7.89. The van der Waals surface area contributed by atoms with Gasteiger partial charge in [0.05, 0.1) is 4.90 Å². The summed E-state index contributed by atoms with van der Waals surface area (Å²) >= 11 is 0. The summed E-state index contributed by atoms with van der Waals surface area (Å²) in [5, 5.41) is 9.01. The Morgan fingerprint density at radius 1 is 1.12 bits per heavy atom. The lowest BCUT2D eigenvalue weighted by molar-refractivity contribution is -0.137. The second-order valence-electron chi connectivity index (χ2n) is 6.42. The molecule has 1 aliphatic rings. The fraction of sp³-hybridized carbons (Fsp3) is 0.316. The number of benzene rings is 2. The maximum absolute atomic E-state index is 13.1. The van der Waals surface area contributed by atoms with Crippen molar-refractivity contribution in [2.75, 3.05) is 0 Å². The molecule has 0 fully saturated rings. The summed E-state index contributed by atoms with van der Waals surface area (Å²) in [6.07, 6.45) is 0.788. The Bertz CT molecular complexity index is 875. The van der Waals surface area contributed by atoms with Crippen molar-refractivity contribution in [2.45, 2.75) is 43.7 Å². The summed E-state index contributed by atoms with van der Waals surface area (Å²) in [6, 6.07) is 14.2. The van der Waals surface area contributed by atoms with Gasteiger partial charge >= 0.3 is 5.97 Å². The first-order valence-corrected chi connectivity index (χ1v) is 9.69. The van der Waals surface area contributed by atoms with Gasteiger partial charge in [-0.05, 0) is 43.0 Å². The normalized spacial score (nSPS) is 17.9. The Morgan fingerprint density at radius 2 is 1.76 bits per heavy atom. The first-order chi connectivity index (χ1) is 11.9. The number of aryl methyl sites for hydroxylation is 1. The van der Waals surface area contributed by atoms with Gasteiger partial charge in [0.2, 0.25) is 10.0 Å². The van der Waals surface area contributed by atoms with Gasteiger partial charge in [0.15, 0.2) is 0 Å². The van der Waals surface area contributed by atoms with Gasteiger partial charge in [-0.15, -0.1) is 0 Å². The molecule has 2 aromatic rings. The first-order valence-electron chi connectivity index (χ1n) is 8.25. The molecule has 0 unspecified atom stereocenters. The van der Waals surface area contributed by atoms with E-state index < -0.39 is 16.0 Å². The molecule has 3 rings (SSSR count). The van der Waals surface area contributed by atoms with Gasteiger partial charge in [-0.25, -0.2) is 8.42 Å². The third-order valence-electron chi connectivity index (χ3n) is 4.63. The molecule has 0 spiro atoms. The Balaban J connectivity index is 1.97. The quantitative estimate of drug-likeness (QED) is 0.891. The third-order valence-corrected chi connectivity index (χ3v) is 6.54. The van der Waals surface area contributed by atoms with E-state index in [2.05, 4.69) is 0 Å². The Hall–Kier alpha value is -2.18. The van der Waals surface area contributed by atoms with Crippen LogP contribution in [0.2, 0.25) is 0 Å². The standard InChI is InChI=1S/C19H21NO4S/c1-14-6-9-18(10-7-14)25(23,24)20-13-16-5-3-2-4-15(16)12-17(20)8-11-19(21)22/h2-7,9-10,17H,8,11-13H2,1H3,(H,21,22)/t17-/m1/s1. The van der Waals surface area contributed by atoms with Gasteiger partial charge in [0.1, 0.15) is 0 Å². The molecule has 5 nitrogen and oxygen atoms in total. The fourth-order valence-electron chi connectivity index (χ4n) is 3.23. The molecule has 0 radical (unpaired) electrons. The molecular weight excluding hydrogens is 338 g/mol. The molecule has 1 N–H and O–H groups in total. The van der Waals surface area contributed by atoms with Crippen LogP contribution >= 0.6 is 0 Å². The van der Waals surface area contributed by atoms with Crippen molar-refractivity contribution in [3.8, 4) is 0 Å². The summed E-state index contributed by atoms with van der Waals surface area (Å²) in [4.78, 5) is 11.2. The van der Waals surface area contributed by atoms with Crippen LogP contribution < -0.4 is 0 Å². The Labute approximate surface area is 148 Å². The molecule has 0 bridgehead atoms. The number of hydrogen-bond donors (Lipinski definition) is 1. The predicted octanol–water partition coefficient (Wildman–Crippen LogP) is 2.98. The molecule has 0 saturated carbocycles. The van der Waals surface area contributed by atoms with Crippen LogP contribution in [0.1, 0.15) is 29.5 Å². The largest absolute Gasteiger partial charge is 0.481 e. The summed E-state index contributed by atoms with van der Waals surface area (Å²) in [5.41, 5.74) is 3.06. The third kappa shape index (κ3) is 3.75.